The molecule has 2 N–H and O–H groups in total. The molecule has 1 aromatic heterocycles. The summed E-state index contributed by atoms with van der Waals surface area (Å²) < 4.78 is 28.9. The van der Waals surface area contributed by atoms with Crippen LogP contribution in [0.25, 0.3) is 21.3 Å². The highest BCUT2D eigenvalue weighted by Gasteiger charge is 2.30. The van der Waals surface area contributed by atoms with E-state index in [4.69, 9.17) is 0 Å². The van der Waals surface area contributed by atoms with Crippen LogP contribution in [0.3, 0.4) is 0 Å². The summed E-state index contributed by atoms with van der Waals surface area (Å²) in [6.45, 7) is 5.75. The summed E-state index contributed by atoms with van der Waals surface area (Å²) in [7, 11) is -3.93. The SMILES string of the molecule is CC[C@@H](C)[C@@H](NS(=O)(=O)c1ccc2ccccc2c1)C(=O)Nc1nnc(-c2ccc(C)cc2)s1. The molecule has 2 atom stereocenters. The minimum atomic E-state index is -3.93. The molecule has 0 aliphatic heterocycles. The normalized spacial score (nSPS) is 13.5. The van der Waals surface area contributed by atoms with Crippen molar-refractivity contribution in [1.82, 2.24) is 14.9 Å². The van der Waals surface area contributed by atoms with Crippen LogP contribution in [0.2, 0.25) is 0 Å². The number of sulfonamides is 1. The quantitative estimate of drug-likeness (QED) is 0.359. The predicted octanol–water partition coefficient (Wildman–Crippen LogP) is 5.00. The van der Waals surface area contributed by atoms with Crippen LogP contribution in [-0.2, 0) is 14.8 Å². The van der Waals surface area contributed by atoms with Crippen molar-refractivity contribution in [2.24, 2.45) is 5.92 Å². The summed E-state index contributed by atoms with van der Waals surface area (Å²) in [6, 6.07) is 19.3. The van der Waals surface area contributed by atoms with E-state index in [1.165, 1.54) is 11.3 Å². The van der Waals surface area contributed by atoms with Crippen LogP contribution < -0.4 is 10.0 Å². The minimum absolute atomic E-state index is 0.116. The maximum Gasteiger partial charge on any atom is 0.244 e. The van der Waals surface area contributed by atoms with Gasteiger partial charge in [-0.3, -0.25) is 10.1 Å². The number of aromatic nitrogens is 2. The van der Waals surface area contributed by atoms with E-state index in [0.717, 1.165) is 21.9 Å². The highest BCUT2D eigenvalue weighted by molar-refractivity contribution is 7.89. The lowest BCUT2D eigenvalue weighted by atomic mass is 9.99. The number of benzene rings is 3. The first-order valence-electron chi connectivity index (χ1n) is 11.0. The first-order chi connectivity index (χ1) is 16.3. The minimum Gasteiger partial charge on any atom is -0.299 e. The Hall–Kier alpha value is -3.14. The van der Waals surface area contributed by atoms with Gasteiger partial charge in [0.2, 0.25) is 21.1 Å². The standard InChI is InChI=1S/C25H26N4O3S2/c1-4-17(3)22(29-34(31,32)21-14-13-18-7-5-6-8-20(18)15-21)23(30)26-25-28-27-24(33-25)19-11-9-16(2)10-12-19/h5-15,17,22,29H,4H2,1-3H3,(H,26,28,30)/t17-,22-/m1/s1. The van der Waals surface area contributed by atoms with Gasteiger partial charge in [0, 0.05) is 5.56 Å². The smallest absolute Gasteiger partial charge is 0.244 e. The van der Waals surface area contributed by atoms with Crippen molar-refractivity contribution in [3.8, 4) is 10.6 Å². The number of amides is 1. The van der Waals surface area contributed by atoms with Crippen LogP contribution in [0.15, 0.2) is 71.6 Å². The molecule has 0 fully saturated rings. The highest BCUT2D eigenvalue weighted by atomic mass is 32.2. The Kier molecular flexibility index (Phi) is 7.06. The third kappa shape index (κ3) is 5.32. The van der Waals surface area contributed by atoms with Crippen LogP contribution in [0, 0.1) is 12.8 Å². The second-order valence-corrected chi connectivity index (χ2v) is 11.0. The molecule has 7 nitrogen and oxygen atoms in total. The predicted molar refractivity (Wildman–Crippen MR) is 136 cm³/mol. The van der Waals surface area contributed by atoms with E-state index < -0.39 is 22.0 Å². The number of hydrogen-bond acceptors (Lipinski definition) is 6. The van der Waals surface area contributed by atoms with Crippen molar-refractivity contribution in [1.29, 1.82) is 0 Å². The van der Waals surface area contributed by atoms with Crippen molar-refractivity contribution in [2.45, 2.75) is 38.1 Å². The zero-order valence-electron chi connectivity index (χ0n) is 19.1. The number of rotatable bonds is 8. The van der Waals surface area contributed by atoms with Crippen LogP contribution in [0.4, 0.5) is 5.13 Å². The number of carbonyl (C=O) groups is 1. The molecule has 4 rings (SSSR count). The highest BCUT2D eigenvalue weighted by Crippen LogP contribution is 2.27. The third-order valence-electron chi connectivity index (χ3n) is 5.76. The van der Waals surface area contributed by atoms with E-state index in [2.05, 4.69) is 20.2 Å². The molecule has 34 heavy (non-hydrogen) atoms. The van der Waals surface area contributed by atoms with Gasteiger partial charge in [0.05, 0.1) is 4.90 Å². The van der Waals surface area contributed by atoms with Crippen molar-refractivity contribution in [3.05, 3.63) is 72.3 Å². The van der Waals surface area contributed by atoms with E-state index in [1.54, 1.807) is 18.2 Å². The molecule has 0 radical (unpaired) electrons. The monoisotopic (exact) mass is 494 g/mol. The number of nitrogens with one attached hydrogen (secondary N) is 2. The van der Waals surface area contributed by atoms with Gasteiger partial charge in [-0.05, 0) is 35.7 Å². The molecule has 0 saturated carbocycles. The molecule has 0 bridgehead atoms. The molecule has 0 aliphatic rings. The summed E-state index contributed by atoms with van der Waals surface area (Å²) in [5, 5.41) is 13.7. The fourth-order valence-electron chi connectivity index (χ4n) is 3.50. The van der Waals surface area contributed by atoms with Crippen LogP contribution >= 0.6 is 11.3 Å². The summed E-state index contributed by atoms with van der Waals surface area (Å²) in [5.74, 6) is -0.704. The van der Waals surface area contributed by atoms with Crippen molar-refractivity contribution in [2.75, 3.05) is 5.32 Å². The van der Waals surface area contributed by atoms with Crippen molar-refractivity contribution < 1.29 is 13.2 Å². The van der Waals surface area contributed by atoms with Gasteiger partial charge in [-0.1, -0.05) is 91.8 Å². The van der Waals surface area contributed by atoms with Gasteiger partial charge < -0.3 is 0 Å². The van der Waals surface area contributed by atoms with Crippen LogP contribution in [-0.4, -0.2) is 30.6 Å². The second-order valence-electron chi connectivity index (χ2n) is 8.26. The molecule has 9 heteroatoms. The average Bonchev–Trinajstić information content (AvgIpc) is 3.30. The number of aryl methyl sites for hydroxylation is 1. The van der Waals surface area contributed by atoms with E-state index in [1.807, 2.05) is 69.3 Å². The maximum atomic E-state index is 13.2. The Morgan fingerprint density at radius 2 is 1.71 bits per heavy atom. The Labute approximate surface area is 203 Å². The molecule has 1 amide bonds. The van der Waals surface area contributed by atoms with Gasteiger partial charge in [-0.2, -0.15) is 4.72 Å². The van der Waals surface area contributed by atoms with Crippen molar-refractivity contribution in [3.63, 3.8) is 0 Å². The third-order valence-corrected chi connectivity index (χ3v) is 8.09. The lowest BCUT2D eigenvalue weighted by Crippen LogP contribution is -2.47. The van der Waals surface area contributed by atoms with E-state index in [0.29, 0.717) is 16.6 Å². The Bertz CT molecular complexity index is 1420. The van der Waals surface area contributed by atoms with Gasteiger partial charge in [-0.15, -0.1) is 10.2 Å². The number of hydrogen-bond donors (Lipinski definition) is 2. The molecule has 1 heterocycles. The summed E-state index contributed by atoms with van der Waals surface area (Å²) >= 11 is 1.24. The first kappa shape index (κ1) is 24.0. The largest absolute Gasteiger partial charge is 0.299 e. The lowest BCUT2D eigenvalue weighted by Gasteiger charge is -2.23. The van der Waals surface area contributed by atoms with Gasteiger partial charge in [0.15, 0.2) is 0 Å². The van der Waals surface area contributed by atoms with Gasteiger partial charge >= 0.3 is 0 Å². The van der Waals surface area contributed by atoms with E-state index in [-0.39, 0.29) is 10.8 Å². The van der Waals surface area contributed by atoms with Crippen LogP contribution in [0.1, 0.15) is 25.8 Å². The topological polar surface area (TPSA) is 101 Å². The number of anilines is 1. The zero-order valence-corrected chi connectivity index (χ0v) is 20.8. The lowest BCUT2D eigenvalue weighted by molar-refractivity contribution is -0.118. The van der Waals surface area contributed by atoms with Crippen LogP contribution in [0.5, 0.6) is 0 Å². The molecule has 0 aliphatic carbocycles. The fourth-order valence-corrected chi connectivity index (χ4v) is 5.59. The summed E-state index contributed by atoms with van der Waals surface area (Å²) in [5.41, 5.74) is 2.04. The fraction of sp³-hybridized carbons (Fsp3) is 0.240. The zero-order chi connectivity index (χ0) is 24.3. The number of carbonyl (C=O) groups excluding carboxylic acids is 1. The first-order valence-corrected chi connectivity index (χ1v) is 13.3. The number of nitrogens with zero attached hydrogens (tertiary/aromatic N) is 2. The second kappa shape index (κ2) is 10.0. The molecule has 4 aromatic rings. The Morgan fingerprint density at radius 3 is 2.41 bits per heavy atom. The number of fused-ring (bicyclic) bond motifs is 1. The van der Waals surface area contributed by atoms with Gasteiger partial charge in [0.25, 0.3) is 0 Å². The molecule has 0 saturated heterocycles. The molecular weight excluding hydrogens is 468 g/mol. The molecule has 0 spiro atoms. The molecule has 0 unspecified atom stereocenters. The summed E-state index contributed by atoms with van der Waals surface area (Å²) in [4.78, 5) is 13.2. The Balaban J connectivity index is 1.54. The van der Waals surface area contributed by atoms with Crippen molar-refractivity contribution >= 4 is 43.2 Å². The van der Waals surface area contributed by atoms with Gasteiger partial charge in [-0.25, -0.2) is 8.42 Å². The average molecular weight is 495 g/mol. The van der Waals surface area contributed by atoms with E-state index in [9.17, 15) is 13.2 Å². The summed E-state index contributed by atoms with van der Waals surface area (Å²) in [6.07, 6.45) is 0.614. The Morgan fingerprint density at radius 1 is 1.00 bits per heavy atom. The maximum absolute atomic E-state index is 13.2. The van der Waals surface area contributed by atoms with Gasteiger partial charge in [0.1, 0.15) is 11.0 Å². The molecule has 176 valence electrons. The molecular formula is C25H26N4O3S2. The van der Waals surface area contributed by atoms with E-state index >= 15 is 0 Å². The molecule has 3 aromatic carbocycles.